The number of anilines is 6. The number of hydrogen-bond acceptors (Lipinski definition) is 4. The Balaban J connectivity index is 1.17. The molecule has 0 radical (unpaired) electrons. The van der Waals surface area contributed by atoms with Crippen LogP contribution in [0.1, 0.15) is 46.2 Å². The summed E-state index contributed by atoms with van der Waals surface area (Å²) in [7, 11) is 0. The highest BCUT2D eigenvalue weighted by Gasteiger charge is 2.50. The summed E-state index contributed by atoms with van der Waals surface area (Å²) in [6, 6.07) is 66.1. The molecule has 56 heavy (non-hydrogen) atoms. The second-order valence-corrected chi connectivity index (χ2v) is 15.3. The maximum absolute atomic E-state index is 6.48. The molecule has 0 amide bonds. The van der Waals surface area contributed by atoms with Crippen molar-refractivity contribution in [1.82, 2.24) is 0 Å². The molecule has 0 saturated heterocycles. The van der Waals surface area contributed by atoms with E-state index >= 15 is 0 Å². The minimum Gasteiger partial charge on any atom is -0.453 e. The summed E-state index contributed by atoms with van der Waals surface area (Å²) < 4.78 is 13.0. The van der Waals surface area contributed by atoms with Crippen LogP contribution in [0.15, 0.2) is 182 Å². The fraction of sp³-hybridized carbons (Fsp3) is 0.0769. The molecule has 12 rings (SSSR count). The summed E-state index contributed by atoms with van der Waals surface area (Å²) in [5, 5.41) is 0. The maximum Gasteiger partial charge on any atom is 0.151 e. The third-order valence-corrected chi connectivity index (χ3v) is 12.3. The van der Waals surface area contributed by atoms with Crippen LogP contribution >= 0.6 is 0 Å². The van der Waals surface area contributed by atoms with Crippen molar-refractivity contribution in [1.29, 1.82) is 0 Å². The van der Waals surface area contributed by atoms with Crippen LogP contribution in [-0.2, 0) is 11.8 Å². The molecule has 4 heteroatoms. The molecule has 2 aliphatic carbocycles. The third-order valence-electron chi connectivity index (χ3n) is 12.3. The highest BCUT2D eigenvalue weighted by atomic mass is 16.5. The molecular formula is C52H36N2O2. The van der Waals surface area contributed by atoms with Gasteiger partial charge in [-0.25, -0.2) is 0 Å². The number of hydrogen-bond donors (Lipinski definition) is 0. The zero-order chi connectivity index (χ0) is 37.0. The van der Waals surface area contributed by atoms with Gasteiger partial charge in [-0.15, -0.1) is 0 Å². The first kappa shape index (κ1) is 31.3. The number of rotatable bonds is 2. The van der Waals surface area contributed by atoms with Crippen LogP contribution in [0.4, 0.5) is 34.1 Å². The summed E-state index contributed by atoms with van der Waals surface area (Å²) in [5.41, 5.74) is 16.3. The quantitative estimate of drug-likeness (QED) is 0.178. The molecular weight excluding hydrogens is 685 g/mol. The van der Waals surface area contributed by atoms with E-state index < -0.39 is 5.41 Å². The highest BCUT2D eigenvalue weighted by molar-refractivity contribution is 5.92. The topological polar surface area (TPSA) is 24.9 Å². The predicted octanol–water partition coefficient (Wildman–Crippen LogP) is 13.9. The average molecular weight is 721 g/mol. The first-order valence-electron chi connectivity index (χ1n) is 19.5. The van der Waals surface area contributed by atoms with Crippen molar-refractivity contribution in [3.63, 3.8) is 0 Å². The van der Waals surface area contributed by atoms with Gasteiger partial charge >= 0.3 is 0 Å². The van der Waals surface area contributed by atoms with Gasteiger partial charge in [0.1, 0.15) is 0 Å². The van der Waals surface area contributed by atoms with Gasteiger partial charge < -0.3 is 19.3 Å². The third kappa shape index (κ3) is 4.24. The molecule has 0 bridgehead atoms. The molecule has 1 atom stereocenters. The van der Waals surface area contributed by atoms with Crippen LogP contribution in [0.2, 0.25) is 0 Å². The highest BCUT2D eigenvalue weighted by Crippen LogP contribution is 2.62. The Morgan fingerprint density at radius 2 is 0.839 bits per heavy atom. The normalized spacial score (nSPS) is 16.1. The summed E-state index contributed by atoms with van der Waals surface area (Å²) in [5.74, 6) is 3.67. The monoisotopic (exact) mass is 720 g/mol. The van der Waals surface area contributed by atoms with Crippen molar-refractivity contribution in [3.05, 3.63) is 215 Å². The van der Waals surface area contributed by atoms with Crippen molar-refractivity contribution in [3.8, 4) is 34.1 Å². The lowest BCUT2D eigenvalue weighted by Gasteiger charge is -2.38. The number of nitrogens with zero attached hydrogens (tertiary/aromatic N) is 2. The average Bonchev–Trinajstić information content (AvgIpc) is 3.50. The first-order chi connectivity index (χ1) is 27.7. The zero-order valence-corrected chi connectivity index (χ0v) is 30.8. The van der Waals surface area contributed by atoms with Crippen molar-refractivity contribution >= 4 is 34.1 Å². The van der Waals surface area contributed by atoms with E-state index in [9.17, 15) is 0 Å². The minimum absolute atomic E-state index is 0.275. The molecule has 4 nitrogen and oxygen atoms in total. The largest absolute Gasteiger partial charge is 0.453 e. The number of ether oxygens (including phenoxy) is 2. The van der Waals surface area contributed by atoms with Crippen molar-refractivity contribution < 1.29 is 9.47 Å². The Hall–Kier alpha value is -7.04. The van der Waals surface area contributed by atoms with Crippen LogP contribution in [0.5, 0.6) is 23.0 Å². The predicted molar refractivity (Wildman–Crippen MR) is 225 cm³/mol. The Bertz CT molecular complexity index is 2780. The van der Waals surface area contributed by atoms with Gasteiger partial charge in [-0.05, 0) is 130 Å². The minimum atomic E-state index is -0.592. The Morgan fingerprint density at radius 3 is 1.34 bits per heavy atom. The smallest absolute Gasteiger partial charge is 0.151 e. The first-order valence-corrected chi connectivity index (χ1v) is 19.5. The van der Waals surface area contributed by atoms with Crippen molar-refractivity contribution in [2.45, 2.75) is 24.7 Å². The zero-order valence-electron chi connectivity index (χ0n) is 30.8. The lowest BCUT2D eigenvalue weighted by molar-refractivity contribution is 0.476. The van der Waals surface area contributed by atoms with E-state index in [-0.39, 0.29) is 5.92 Å². The van der Waals surface area contributed by atoms with E-state index in [2.05, 4.69) is 174 Å². The Morgan fingerprint density at radius 1 is 0.429 bits per heavy atom. The summed E-state index contributed by atoms with van der Waals surface area (Å²) in [6.45, 7) is 2.40. The molecule has 0 fully saturated rings. The van der Waals surface area contributed by atoms with Crippen LogP contribution < -0.4 is 19.3 Å². The van der Waals surface area contributed by atoms with E-state index in [1.165, 1.54) is 44.5 Å². The molecule has 1 spiro atoms. The summed E-state index contributed by atoms with van der Waals surface area (Å²) in [4.78, 5) is 4.76. The molecule has 266 valence electrons. The number of para-hydroxylation sites is 8. The molecule has 0 saturated carbocycles. The molecule has 2 aliphatic heterocycles. The number of fused-ring (bicyclic) bond motifs is 13. The van der Waals surface area contributed by atoms with E-state index in [0.29, 0.717) is 0 Å². The van der Waals surface area contributed by atoms with Gasteiger partial charge in [-0.2, -0.15) is 0 Å². The fourth-order valence-corrected chi connectivity index (χ4v) is 10.0. The second-order valence-electron chi connectivity index (χ2n) is 15.3. The molecule has 4 aliphatic rings. The fourth-order valence-electron chi connectivity index (χ4n) is 10.0. The van der Waals surface area contributed by atoms with Crippen LogP contribution in [0.25, 0.3) is 11.1 Å². The molecule has 8 aromatic carbocycles. The standard InChI is InChI=1S/C52H36N2O2/c1-33-30-34-26-27-35(53-44-18-6-10-22-48(44)55-49-23-11-7-19-45(49)53)31-42(34)52(40-16-4-2-14-38(40)39-15-3-5-17-41(39)52)43-32-36(28-29-37(33)43)54-46-20-8-12-24-50(46)56-51-25-13-9-21-47(51)54/h2-29,31-33H,30H2,1H3. The van der Waals surface area contributed by atoms with Crippen LogP contribution in [-0.4, -0.2) is 0 Å². The van der Waals surface area contributed by atoms with Crippen molar-refractivity contribution in [2.75, 3.05) is 9.80 Å². The maximum atomic E-state index is 6.48. The van der Waals surface area contributed by atoms with E-state index in [1.807, 2.05) is 24.3 Å². The van der Waals surface area contributed by atoms with Gasteiger partial charge in [0, 0.05) is 11.4 Å². The van der Waals surface area contributed by atoms with Gasteiger partial charge in [0.15, 0.2) is 23.0 Å². The van der Waals surface area contributed by atoms with E-state index in [1.54, 1.807) is 0 Å². The van der Waals surface area contributed by atoms with Crippen LogP contribution in [0, 0.1) is 0 Å². The number of benzene rings is 8. The SMILES string of the molecule is CC1Cc2ccc(N3c4ccccc4Oc4ccccc43)cc2C2(c3ccccc3-c3ccccc32)c2cc(N3c4ccccc4Oc4ccccc43)ccc21. The molecule has 0 aromatic heterocycles. The lowest BCUT2D eigenvalue weighted by atomic mass is 9.66. The Labute approximate surface area is 326 Å². The molecule has 8 aromatic rings. The van der Waals surface area contributed by atoms with Crippen LogP contribution in [0.3, 0.4) is 0 Å². The van der Waals surface area contributed by atoms with Gasteiger partial charge in [0.25, 0.3) is 0 Å². The summed E-state index contributed by atoms with van der Waals surface area (Å²) in [6.07, 6.45) is 0.924. The summed E-state index contributed by atoms with van der Waals surface area (Å²) >= 11 is 0. The molecule has 1 unspecified atom stereocenters. The van der Waals surface area contributed by atoms with Gasteiger partial charge in [-0.1, -0.05) is 116 Å². The van der Waals surface area contributed by atoms with Gasteiger partial charge in [0.05, 0.1) is 28.2 Å². The van der Waals surface area contributed by atoms with E-state index in [0.717, 1.165) is 63.5 Å². The molecule has 0 N–H and O–H groups in total. The van der Waals surface area contributed by atoms with E-state index in [4.69, 9.17) is 9.47 Å². The van der Waals surface area contributed by atoms with Gasteiger partial charge in [-0.3, -0.25) is 0 Å². The lowest BCUT2D eigenvalue weighted by Crippen LogP contribution is -2.31. The van der Waals surface area contributed by atoms with Crippen molar-refractivity contribution in [2.24, 2.45) is 0 Å². The Kier molecular flexibility index (Phi) is 6.56. The van der Waals surface area contributed by atoms with Gasteiger partial charge in [0.2, 0.25) is 0 Å². The second kappa shape index (κ2) is 11.7. The molecule has 2 heterocycles.